The number of hydrogen-bond acceptors (Lipinski definition) is 3. The van der Waals surface area contributed by atoms with Gasteiger partial charge in [0.05, 0.1) is 12.2 Å². The SMILES string of the molecule is CN(CCO[Si](C)(C)C(C)(C)C)C(=O)c1cccnc1. The van der Waals surface area contributed by atoms with Gasteiger partial charge < -0.3 is 9.33 Å². The van der Waals surface area contributed by atoms with Crippen molar-refractivity contribution in [2.75, 3.05) is 20.2 Å². The van der Waals surface area contributed by atoms with Crippen molar-refractivity contribution >= 4 is 14.2 Å². The van der Waals surface area contributed by atoms with Crippen LogP contribution in [0.4, 0.5) is 0 Å². The molecule has 0 unspecified atom stereocenters. The van der Waals surface area contributed by atoms with Crippen LogP contribution >= 0.6 is 0 Å². The highest BCUT2D eigenvalue weighted by Crippen LogP contribution is 2.36. The Bertz CT molecular complexity index is 441. The van der Waals surface area contributed by atoms with E-state index in [1.54, 1.807) is 36.5 Å². The Morgan fingerprint density at radius 1 is 1.40 bits per heavy atom. The molecule has 5 heteroatoms. The van der Waals surface area contributed by atoms with Crippen LogP contribution in [-0.2, 0) is 4.43 Å². The summed E-state index contributed by atoms with van der Waals surface area (Å²) in [6.07, 6.45) is 3.25. The van der Waals surface area contributed by atoms with Crippen molar-refractivity contribution < 1.29 is 9.22 Å². The van der Waals surface area contributed by atoms with Gasteiger partial charge in [0, 0.05) is 26.0 Å². The van der Waals surface area contributed by atoms with E-state index in [0.29, 0.717) is 18.7 Å². The third-order valence-electron chi connectivity index (χ3n) is 3.95. The van der Waals surface area contributed by atoms with Crippen LogP contribution < -0.4 is 0 Å². The molecule has 0 saturated carbocycles. The van der Waals surface area contributed by atoms with Gasteiger partial charge in [0.2, 0.25) is 0 Å². The van der Waals surface area contributed by atoms with Crippen molar-refractivity contribution in [3.05, 3.63) is 30.1 Å². The predicted molar refractivity (Wildman–Crippen MR) is 84.3 cm³/mol. The summed E-state index contributed by atoms with van der Waals surface area (Å²) in [5, 5.41) is 0.193. The predicted octanol–water partition coefficient (Wildman–Crippen LogP) is 3.18. The molecule has 1 aromatic heterocycles. The van der Waals surface area contributed by atoms with E-state index in [-0.39, 0.29) is 10.9 Å². The van der Waals surface area contributed by atoms with Crippen LogP contribution in [0, 0.1) is 0 Å². The highest BCUT2D eigenvalue weighted by molar-refractivity contribution is 6.74. The fourth-order valence-electron chi connectivity index (χ4n) is 1.47. The summed E-state index contributed by atoms with van der Waals surface area (Å²) >= 11 is 0. The third kappa shape index (κ3) is 4.42. The minimum absolute atomic E-state index is 0.0167. The molecule has 4 nitrogen and oxygen atoms in total. The zero-order valence-electron chi connectivity index (χ0n) is 13.4. The Morgan fingerprint density at radius 2 is 2.05 bits per heavy atom. The van der Waals surface area contributed by atoms with E-state index in [4.69, 9.17) is 4.43 Å². The van der Waals surface area contributed by atoms with E-state index < -0.39 is 8.32 Å². The van der Waals surface area contributed by atoms with Crippen LogP contribution in [0.15, 0.2) is 24.5 Å². The normalized spacial score (nSPS) is 12.3. The van der Waals surface area contributed by atoms with Crippen LogP contribution in [0.3, 0.4) is 0 Å². The molecule has 0 aliphatic carbocycles. The van der Waals surface area contributed by atoms with E-state index in [2.05, 4.69) is 38.8 Å². The number of aromatic nitrogens is 1. The molecule has 0 saturated heterocycles. The molecule has 0 fully saturated rings. The van der Waals surface area contributed by atoms with Gasteiger partial charge in [-0.05, 0) is 30.3 Å². The number of nitrogens with zero attached hydrogens (tertiary/aromatic N) is 2. The number of pyridine rings is 1. The topological polar surface area (TPSA) is 42.4 Å². The third-order valence-corrected chi connectivity index (χ3v) is 8.49. The maximum Gasteiger partial charge on any atom is 0.255 e. The quantitative estimate of drug-likeness (QED) is 0.783. The molecule has 0 N–H and O–H groups in total. The van der Waals surface area contributed by atoms with Gasteiger partial charge >= 0.3 is 0 Å². The number of likely N-dealkylation sites (N-methyl/N-ethyl adjacent to an activating group) is 1. The fourth-order valence-corrected chi connectivity index (χ4v) is 2.50. The number of amides is 1. The zero-order chi connectivity index (χ0) is 15.4. The van der Waals surface area contributed by atoms with Gasteiger partial charge in [-0.15, -0.1) is 0 Å². The highest BCUT2D eigenvalue weighted by atomic mass is 28.4. The van der Waals surface area contributed by atoms with Crippen LogP contribution in [0.5, 0.6) is 0 Å². The van der Waals surface area contributed by atoms with E-state index in [1.165, 1.54) is 0 Å². The van der Waals surface area contributed by atoms with E-state index in [0.717, 1.165) is 0 Å². The summed E-state index contributed by atoms with van der Waals surface area (Å²) in [7, 11) is 0.0599. The van der Waals surface area contributed by atoms with Gasteiger partial charge in [-0.25, -0.2) is 0 Å². The summed E-state index contributed by atoms with van der Waals surface area (Å²) in [6, 6.07) is 3.55. The molecule has 0 spiro atoms. The first kappa shape index (κ1) is 16.9. The summed E-state index contributed by atoms with van der Waals surface area (Å²) < 4.78 is 6.08. The van der Waals surface area contributed by atoms with E-state index in [9.17, 15) is 4.79 Å². The van der Waals surface area contributed by atoms with Crippen LogP contribution in [-0.4, -0.2) is 44.3 Å². The second-order valence-electron chi connectivity index (χ2n) is 6.58. The first-order valence-electron chi connectivity index (χ1n) is 6.94. The molecule has 20 heavy (non-hydrogen) atoms. The molecule has 1 aromatic rings. The highest BCUT2D eigenvalue weighted by Gasteiger charge is 2.36. The molecular weight excluding hydrogens is 268 g/mol. The lowest BCUT2D eigenvalue weighted by Crippen LogP contribution is -2.43. The number of carbonyl (C=O) groups is 1. The molecule has 0 bridgehead atoms. The summed E-state index contributed by atoms with van der Waals surface area (Å²) in [6.45, 7) is 12.3. The first-order valence-corrected chi connectivity index (χ1v) is 9.85. The number of carbonyl (C=O) groups excluding carboxylic acids is 1. The Kier molecular flexibility index (Phi) is 5.47. The average Bonchev–Trinajstić information content (AvgIpc) is 2.37. The van der Waals surface area contributed by atoms with E-state index in [1.807, 2.05) is 0 Å². The van der Waals surface area contributed by atoms with Gasteiger partial charge in [0.25, 0.3) is 5.91 Å². The van der Waals surface area contributed by atoms with Crippen LogP contribution in [0.25, 0.3) is 0 Å². The fraction of sp³-hybridized carbons (Fsp3) is 0.600. The molecule has 0 aliphatic rings. The van der Waals surface area contributed by atoms with Gasteiger partial charge in [-0.3, -0.25) is 9.78 Å². The molecule has 1 heterocycles. The number of rotatable bonds is 5. The molecule has 0 aromatic carbocycles. The Labute approximate surface area is 123 Å². The standard InChI is InChI=1S/C15H26N2O2Si/c1-15(2,3)20(5,6)19-11-10-17(4)14(18)13-8-7-9-16-12-13/h7-9,12H,10-11H2,1-6H3. The molecule has 0 radical (unpaired) electrons. The van der Waals surface area contributed by atoms with Gasteiger partial charge in [-0.1, -0.05) is 20.8 Å². The summed E-state index contributed by atoms with van der Waals surface area (Å²) in [4.78, 5) is 17.8. The largest absolute Gasteiger partial charge is 0.415 e. The number of hydrogen-bond donors (Lipinski definition) is 0. The van der Waals surface area contributed by atoms with Gasteiger partial charge in [-0.2, -0.15) is 0 Å². The maximum atomic E-state index is 12.1. The average molecular weight is 294 g/mol. The molecule has 0 atom stereocenters. The maximum absolute atomic E-state index is 12.1. The molecule has 112 valence electrons. The molecule has 0 aliphatic heterocycles. The van der Waals surface area contributed by atoms with Crippen molar-refractivity contribution in [1.29, 1.82) is 0 Å². The lowest BCUT2D eigenvalue weighted by Gasteiger charge is -2.36. The monoisotopic (exact) mass is 294 g/mol. The van der Waals surface area contributed by atoms with E-state index >= 15 is 0 Å². The minimum atomic E-state index is -1.74. The Hall–Kier alpha value is -1.20. The van der Waals surface area contributed by atoms with Crippen molar-refractivity contribution in [1.82, 2.24) is 9.88 Å². The van der Waals surface area contributed by atoms with Crippen molar-refractivity contribution in [2.45, 2.75) is 38.9 Å². The van der Waals surface area contributed by atoms with Gasteiger partial charge in [0.15, 0.2) is 8.32 Å². The molecule has 1 amide bonds. The Morgan fingerprint density at radius 3 is 2.55 bits per heavy atom. The zero-order valence-corrected chi connectivity index (χ0v) is 14.4. The smallest absolute Gasteiger partial charge is 0.255 e. The van der Waals surface area contributed by atoms with Crippen molar-refractivity contribution in [3.8, 4) is 0 Å². The van der Waals surface area contributed by atoms with Crippen molar-refractivity contribution in [3.63, 3.8) is 0 Å². The Balaban J connectivity index is 2.49. The van der Waals surface area contributed by atoms with Gasteiger partial charge in [0.1, 0.15) is 0 Å². The lowest BCUT2D eigenvalue weighted by molar-refractivity contribution is 0.0769. The second kappa shape index (κ2) is 6.50. The van der Waals surface area contributed by atoms with Crippen LogP contribution in [0.1, 0.15) is 31.1 Å². The second-order valence-corrected chi connectivity index (χ2v) is 11.4. The minimum Gasteiger partial charge on any atom is -0.415 e. The summed E-state index contributed by atoms with van der Waals surface area (Å²) in [5.41, 5.74) is 0.613. The lowest BCUT2D eigenvalue weighted by atomic mass is 10.2. The summed E-state index contributed by atoms with van der Waals surface area (Å²) in [5.74, 6) is -0.0167. The van der Waals surface area contributed by atoms with Crippen molar-refractivity contribution in [2.24, 2.45) is 0 Å². The molecule has 1 rings (SSSR count). The molecular formula is C15H26N2O2Si. The first-order chi connectivity index (χ1) is 9.15. The van der Waals surface area contributed by atoms with Crippen LogP contribution in [0.2, 0.25) is 18.1 Å².